The summed E-state index contributed by atoms with van der Waals surface area (Å²) in [6.45, 7) is 1.68. The lowest BCUT2D eigenvalue weighted by Crippen LogP contribution is -2.19. The largest absolute Gasteiger partial charge is 0.445 e. The molecule has 1 heterocycles. The zero-order valence-electron chi connectivity index (χ0n) is 10.2. The first-order valence-electron chi connectivity index (χ1n) is 5.49. The molecule has 1 amide bonds. The third-order valence-electron chi connectivity index (χ3n) is 2.13. The SMILES string of the molecule is C[C@@H](Br)C(=O)Nc1ncc(Oc2cc(F)cc(F)c2)s1. The first kappa shape index (κ1) is 14.9. The topological polar surface area (TPSA) is 51.2 Å². The summed E-state index contributed by atoms with van der Waals surface area (Å²) in [5.74, 6) is -1.68. The van der Waals surface area contributed by atoms with Crippen LogP contribution in [0.25, 0.3) is 0 Å². The predicted octanol–water partition coefficient (Wildman–Crippen LogP) is 3.94. The molecule has 0 saturated carbocycles. The van der Waals surface area contributed by atoms with Gasteiger partial charge in [-0.25, -0.2) is 13.8 Å². The van der Waals surface area contributed by atoms with Gasteiger partial charge in [0.25, 0.3) is 0 Å². The van der Waals surface area contributed by atoms with E-state index < -0.39 is 11.6 Å². The molecule has 0 unspecified atom stereocenters. The van der Waals surface area contributed by atoms with Crippen molar-refractivity contribution >= 4 is 38.3 Å². The fourth-order valence-corrected chi connectivity index (χ4v) is 2.08. The van der Waals surface area contributed by atoms with Crippen LogP contribution >= 0.6 is 27.3 Å². The molecule has 1 N–H and O–H groups in total. The summed E-state index contributed by atoms with van der Waals surface area (Å²) in [5, 5.41) is 3.22. The molecule has 0 saturated heterocycles. The molecule has 0 fully saturated rings. The zero-order chi connectivity index (χ0) is 14.7. The van der Waals surface area contributed by atoms with E-state index in [9.17, 15) is 13.6 Å². The van der Waals surface area contributed by atoms with Crippen molar-refractivity contribution < 1.29 is 18.3 Å². The lowest BCUT2D eigenvalue weighted by molar-refractivity contribution is -0.115. The number of thiazole rings is 1. The normalized spacial score (nSPS) is 12.0. The highest BCUT2D eigenvalue weighted by Gasteiger charge is 2.12. The van der Waals surface area contributed by atoms with Gasteiger partial charge in [0, 0.05) is 18.2 Å². The summed E-state index contributed by atoms with van der Waals surface area (Å²) in [6.07, 6.45) is 1.36. The number of carbonyl (C=O) groups is 1. The minimum absolute atomic E-state index is 0.0258. The van der Waals surface area contributed by atoms with Gasteiger partial charge in [-0.15, -0.1) is 0 Å². The Labute approximate surface area is 125 Å². The fourth-order valence-electron chi connectivity index (χ4n) is 1.27. The molecule has 1 atom stereocenters. The molecule has 4 nitrogen and oxygen atoms in total. The number of carbonyl (C=O) groups excluding carboxylic acids is 1. The van der Waals surface area contributed by atoms with E-state index in [1.807, 2.05) is 0 Å². The van der Waals surface area contributed by atoms with Crippen molar-refractivity contribution in [2.45, 2.75) is 11.8 Å². The Hall–Kier alpha value is -1.54. The van der Waals surface area contributed by atoms with Gasteiger partial charge in [0.2, 0.25) is 11.0 Å². The summed E-state index contributed by atoms with van der Waals surface area (Å²) < 4.78 is 31.3. The lowest BCUT2D eigenvalue weighted by Gasteiger charge is -2.03. The Kier molecular flexibility index (Phi) is 4.66. The number of hydrogen-bond acceptors (Lipinski definition) is 4. The molecule has 106 valence electrons. The van der Waals surface area contributed by atoms with Crippen molar-refractivity contribution in [3.05, 3.63) is 36.0 Å². The van der Waals surface area contributed by atoms with Crippen LogP contribution in [-0.4, -0.2) is 15.7 Å². The van der Waals surface area contributed by atoms with E-state index >= 15 is 0 Å². The molecule has 0 aliphatic rings. The quantitative estimate of drug-likeness (QED) is 0.838. The third-order valence-corrected chi connectivity index (χ3v) is 3.34. The van der Waals surface area contributed by atoms with Gasteiger partial charge in [-0.2, -0.15) is 0 Å². The van der Waals surface area contributed by atoms with Crippen LogP contribution in [-0.2, 0) is 4.79 Å². The molecule has 20 heavy (non-hydrogen) atoms. The molecule has 0 aliphatic carbocycles. The number of aromatic nitrogens is 1. The van der Waals surface area contributed by atoms with Gasteiger partial charge in [-0.05, 0) is 6.92 Å². The Bertz CT molecular complexity index is 613. The molecule has 2 aromatic rings. The van der Waals surface area contributed by atoms with Gasteiger partial charge < -0.3 is 10.1 Å². The van der Waals surface area contributed by atoms with Gasteiger partial charge >= 0.3 is 0 Å². The lowest BCUT2D eigenvalue weighted by atomic mass is 10.3. The zero-order valence-corrected chi connectivity index (χ0v) is 12.6. The van der Waals surface area contributed by atoms with Gasteiger partial charge in [0.1, 0.15) is 17.4 Å². The van der Waals surface area contributed by atoms with Crippen molar-refractivity contribution in [3.63, 3.8) is 0 Å². The first-order chi connectivity index (χ1) is 9.44. The molecule has 1 aromatic heterocycles. The molecule has 0 bridgehead atoms. The molecular weight excluding hydrogens is 354 g/mol. The van der Waals surface area contributed by atoms with Crippen LogP contribution in [0.3, 0.4) is 0 Å². The fraction of sp³-hybridized carbons (Fsp3) is 0.167. The van der Waals surface area contributed by atoms with Crippen LogP contribution in [0.15, 0.2) is 24.4 Å². The second-order valence-corrected chi connectivity index (χ2v) is 6.16. The number of hydrogen-bond donors (Lipinski definition) is 1. The van der Waals surface area contributed by atoms with Crippen LogP contribution in [0.2, 0.25) is 0 Å². The summed E-state index contributed by atoms with van der Waals surface area (Å²) in [7, 11) is 0. The van der Waals surface area contributed by atoms with Crippen molar-refractivity contribution in [2.24, 2.45) is 0 Å². The maximum atomic E-state index is 13.0. The maximum Gasteiger partial charge on any atom is 0.239 e. The number of benzene rings is 1. The minimum Gasteiger partial charge on any atom is -0.445 e. The van der Waals surface area contributed by atoms with E-state index in [1.165, 1.54) is 6.20 Å². The number of rotatable bonds is 4. The van der Waals surface area contributed by atoms with Crippen LogP contribution in [0.1, 0.15) is 6.92 Å². The Morgan fingerprint density at radius 1 is 1.40 bits per heavy atom. The van der Waals surface area contributed by atoms with Gasteiger partial charge in [0.05, 0.1) is 11.0 Å². The highest BCUT2D eigenvalue weighted by Crippen LogP contribution is 2.31. The van der Waals surface area contributed by atoms with E-state index in [1.54, 1.807) is 6.92 Å². The first-order valence-corrected chi connectivity index (χ1v) is 7.22. The number of nitrogens with zero attached hydrogens (tertiary/aromatic N) is 1. The third kappa shape index (κ3) is 3.97. The summed E-state index contributed by atoms with van der Waals surface area (Å²) in [6, 6.07) is 2.87. The van der Waals surface area contributed by atoms with Gasteiger partial charge in [0.15, 0.2) is 5.13 Å². The van der Waals surface area contributed by atoms with Crippen molar-refractivity contribution in [1.29, 1.82) is 0 Å². The van der Waals surface area contributed by atoms with E-state index in [0.717, 1.165) is 29.5 Å². The van der Waals surface area contributed by atoms with Crippen molar-refractivity contribution in [2.75, 3.05) is 5.32 Å². The smallest absolute Gasteiger partial charge is 0.239 e. The van der Waals surface area contributed by atoms with Gasteiger partial charge in [-0.1, -0.05) is 27.3 Å². The standard InChI is InChI=1S/C12H9BrF2N2O2S/c1-6(13)11(18)17-12-16-5-10(20-12)19-9-3-7(14)2-8(15)4-9/h2-6H,1H3,(H,16,17,18)/t6-/m1/s1. The Morgan fingerprint density at radius 2 is 2.05 bits per heavy atom. The van der Waals surface area contributed by atoms with E-state index in [0.29, 0.717) is 10.2 Å². The van der Waals surface area contributed by atoms with Crippen LogP contribution < -0.4 is 10.1 Å². The molecule has 8 heteroatoms. The number of halogens is 3. The van der Waals surface area contributed by atoms with Crippen LogP contribution in [0.5, 0.6) is 10.8 Å². The van der Waals surface area contributed by atoms with Gasteiger partial charge in [-0.3, -0.25) is 4.79 Å². The predicted molar refractivity (Wildman–Crippen MR) is 75.6 cm³/mol. The highest BCUT2D eigenvalue weighted by atomic mass is 79.9. The average molecular weight is 363 g/mol. The number of amides is 1. The molecular formula is C12H9BrF2N2O2S. The maximum absolute atomic E-state index is 13.0. The molecule has 1 aromatic carbocycles. The van der Waals surface area contributed by atoms with Crippen LogP contribution in [0, 0.1) is 11.6 Å². The minimum atomic E-state index is -0.730. The summed E-state index contributed by atoms with van der Waals surface area (Å²) in [5.41, 5.74) is 0. The van der Waals surface area contributed by atoms with Crippen LogP contribution in [0.4, 0.5) is 13.9 Å². The van der Waals surface area contributed by atoms with E-state index in [-0.39, 0.29) is 16.5 Å². The summed E-state index contributed by atoms with van der Waals surface area (Å²) in [4.78, 5) is 15.0. The second-order valence-electron chi connectivity index (χ2n) is 3.80. The molecule has 0 aliphatic heterocycles. The number of nitrogens with one attached hydrogen (secondary N) is 1. The number of ether oxygens (including phenoxy) is 1. The Balaban J connectivity index is 2.07. The average Bonchev–Trinajstić information content (AvgIpc) is 2.74. The molecule has 2 rings (SSSR count). The summed E-state index contributed by atoms with van der Waals surface area (Å²) >= 11 is 4.18. The number of anilines is 1. The number of alkyl halides is 1. The molecule has 0 radical (unpaired) electrons. The second kappa shape index (κ2) is 6.27. The van der Waals surface area contributed by atoms with Crippen molar-refractivity contribution in [3.8, 4) is 10.8 Å². The molecule has 0 spiro atoms. The van der Waals surface area contributed by atoms with E-state index in [4.69, 9.17) is 4.74 Å². The van der Waals surface area contributed by atoms with E-state index in [2.05, 4.69) is 26.2 Å². The monoisotopic (exact) mass is 362 g/mol. The van der Waals surface area contributed by atoms with Crippen molar-refractivity contribution in [1.82, 2.24) is 4.98 Å². The highest BCUT2D eigenvalue weighted by molar-refractivity contribution is 9.10. The Morgan fingerprint density at radius 3 is 2.65 bits per heavy atom.